The highest BCUT2D eigenvalue weighted by atomic mass is 16.6. The molecule has 0 spiro atoms. The number of ether oxygens (including phenoxy) is 1. The first-order valence-electron chi connectivity index (χ1n) is 4.00. The first-order valence-corrected chi connectivity index (χ1v) is 4.00. The van der Waals surface area contributed by atoms with Crippen molar-refractivity contribution in [3.8, 4) is 0 Å². The van der Waals surface area contributed by atoms with Crippen molar-refractivity contribution in [2.24, 2.45) is 5.92 Å². The predicted octanol–water partition coefficient (Wildman–Crippen LogP) is 1.90. The van der Waals surface area contributed by atoms with Gasteiger partial charge >= 0.3 is 5.97 Å². The molecule has 2 rings (SSSR count). The van der Waals surface area contributed by atoms with Gasteiger partial charge in [0.25, 0.3) is 0 Å². The highest BCUT2D eigenvalue weighted by Gasteiger charge is 2.34. The van der Waals surface area contributed by atoms with Crippen molar-refractivity contribution in [3.05, 3.63) is 24.2 Å². The van der Waals surface area contributed by atoms with Crippen molar-refractivity contribution < 1.29 is 13.9 Å². The number of furan rings is 1. The first-order chi connectivity index (χ1) is 5.77. The topological polar surface area (TPSA) is 39.4 Å². The smallest absolute Gasteiger partial charge is 0.306 e. The lowest BCUT2D eigenvalue weighted by molar-refractivity contribution is -0.142. The molecule has 0 aliphatic carbocycles. The van der Waals surface area contributed by atoms with E-state index >= 15 is 0 Å². The number of esters is 1. The fraction of sp³-hybridized carbons (Fsp3) is 0.444. The molecule has 0 radical (unpaired) electrons. The Morgan fingerprint density at radius 1 is 1.58 bits per heavy atom. The second-order valence-corrected chi connectivity index (χ2v) is 3.11. The Morgan fingerprint density at radius 3 is 2.92 bits per heavy atom. The Labute approximate surface area is 70.3 Å². The lowest BCUT2D eigenvalue weighted by atomic mass is 10.0. The Morgan fingerprint density at radius 2 is 2.42 bits per heavy atom. The molecule has 64 valence electrons. The van der Waals surface area contributed by atoms with Crippen molar-refractivity contribution >= 4 is 5.97 Å². The fourth-order valence-electron chi connectivity index (χ4n) is 1.47. The number of hydrogen-bond acceptors (Lipinski definition) is 3. The number of cyclic esters (lactones) is 1. The van der Waals surface area contributed by atoms with E-state index in [0.29, 0.717) is 6.42 Å². The molecule has 0 N–H and O–H groups in total. The Bertz CT molecular complexity index is 276. The average Bonchev–Trinajstić information content (AvgIpc) is 2.58. The van der Waals surface area contributed by atoms with Crippen molar-refractivity contribution in [1.29, 1.82) is 0 Å². The van der Waals surface area contributed by atoms with Crippen molar-refractivity contribution in [2.45, 2.75) is 19.4 Å². The third kappa shape index (κ3) is 1.11. The van der Waals surface area contributed by atoms with Gasteiger partial charge in [-0.25, -0.2) is 0 Å². The van der Waals surface area contributed by atoms with Gasteiger partial charge in [-0.1, -0.05) is 6.92 Å². The van der Waals surface area contributed by atoms with Gasteiger partial charge in [-0.2, -0.15) is 0 Å². The summed E-state index contributed by atoms with van der Waals surface area (Å²) in [6, 6.07) is 3.63. The molecule has 0 unspecified atom stereocenters. The van der Waals surface area contributed by atoms with Crippen LogP contribution in [0.25, 0.3) is 0 Å². The summed E-state index contributed by atoms with van der Waals surface area (Å²) in [5.74, 6) is 0.834. The average molecular weight is 166 g/mol. The number of carbonyl (C=O) groups excluding carboxylic acids is 1. The molecular weight excluding hydrogens is 156 g/mol. The second-order valence-electron chi connectivity index (χ2n) is 3.11. The normalized spacial score (nSPS) is 28.9. The van der Waals surface area contributed by atoms with Crippen LogP contribution >= 0.6 is 0 Å². The van der Waals surface area contributed by atoms with Gasteiger partial charge in [-0.05, 0) is 12.1 Å². The maximum Gasteiger partial charge on any atom is 0.306 e. The molecule has 1 aromatic heterocycles. The van der Waals surface area contributed by atoms with E-state index in [9.17, 15) is 4.79 Å². The van der Waals surface area contributed by atoms with Gasteiger partial charge < -0.3 is 9.15 Å². The van der Waals surface area contributed by atoms with E-state index in [1.165, 1.54) is 0 Å². The Balaban J connectivity index is 2.20. The molecule has 12 heavy (non-hydrogen) atoms. The van der Waals surface area contributed by atoms with E-state index < -0.39 is 0 Å². The molecule has 1 saturated heterocycles. The minimum atomic E-state index is -0.174. The molecule has 3 nitrogen and oxygen atoms in total. The standard InChI is InChI=1S/C9H10O3/c1-6-5-8(10)12-9(6)7-3-2-4-11-7/h2-4,6,9H,5H2,1H3/t6-,9+/m0/s1. The molecule has 3 heteroatoms. The molecule has 0 amide bonds. The summed E-state index contributed by atoms with van der Waals surface area (Å²) in [5, 5.41) is 0. The molecule has 2 heterocycles. The molecule has 0 saturated carbocycles. The van der Waals surface area contributed by atoms with Gasteiger partial charge in [-0.15, -0.1) is 0 Å². The van der Waals surface area contributed by atoms with E-state index in [-0.39, 0.29) is 18.0 Å². The van der Waals surface area contributed by atoms with Crippen LogP contribution in [0.3, 0.4) is 0 Å². The maximum atomic E-state index is 10.9. The summed E-state index contributed by atoms with van der Waals surface area (Å²) >= 11 is 0. The quantitative estimate of drug-likeness (QED) is 0.598. The Hall–Kier alpha value is -1.25. The third-order valence-electron chi connectivity index (χ3n) is 2.09. The summed E-state index contributed by atoms with van der Waals surface area (Å²) in [7, 11) is 0. The molecule has 1 aliphatic heterocycles. The van der Waals surface area contributed by atoms with E-state index in [1.807, 2.05) is 13.0 Å². The van der Waals surface area contributed by atoms with Crippen LogP contribution in [0.1, 0.15) is 25.2 Å². The van der Waals surface area contributed by atoms with Crippen LogP contribution < -0.4 is 0 Å². The summed E-state index contributed by atoms with van der Waals surface area (Å²) in [4.78, 5) is 10.9. The highest BCUT2D eigenvalue weighted by molar-refractivity contribution is 5.72. The van der Waals surface area contributed by atoms with Gasteiger partial charge in [0.05, 0.1) is 12.7 Å². The summed E-state index contributed by atoms with van der Waals surface area (Å²) in [6.07, 6.45) is 1.91. The maximum absolute atomic E-state index is 10.9. The summed E-state index contributed by atoms with van der Waals surface area (Å²) < 4.78 is 10.2. The molecule has 0 bridgehead atoms. The van der Waals surface area contributed by atoms with Crippen LogP contribution in [0.2, 0.25) is 0 Å². The van der Waals surface area contributed by atoms with Crippen LogP contribution in [0.5, 0.6) is 0 Å². The highest BCUT2D eigenvalue weighted by Crippen LogP contribution is 2.34. The van der Waals surface area contributed by atoms with Crippen LogP contribution in [0.15, 0.2) is 22.8 Å². The molecule has 2 atom stereocenters. The fourth-order valence-corrected chi connectivity index (χ4v) is 1.47. The minimum Gasteiger partial charge on any atom is -0.465 e. The van der Waals surface area contributed by atoms with Gasteiger partial charge in [0, 0.05) is 5.92 Å². The lowest BCUT2D eigenvalue weighted by Gasteiger charge is -2.09. The van der Waals surface area contributed by atoms with E-state index in [1.54, 1.807) is 12.3 Å². The zero-order chi connectivity index (χ0) is 8.55. The van der Waals surface area contributed by atoms with Crippen molar-refractivity contribution in [3.63, 3.8) is 0 Å². The minimum absolute atomic E-state index is 0.135. The molecule has 1 aromatic rings. The number of hydrogen-bond donors (Lipinski definition) is 0. The second kappa shape index (κ2) is 2.66. The molecular formula is C9H10O3. The zero-order valence-corrected chi connectivity index (χ0v) is 6.82. The van der Waals surface area contributed by atoms with Gasteiger partial charge in [0.15, 0.2) is 6.10 Å². The summed E-state index contributed by atoms with van der Waals surface area (Å²) in [5.41, 5.74) is 0. The predicted molar refractivity (Wildman–Crippen MR) is 41.3 cm³/mol. The SMILES string of the molecule is C[C@H]1CC(=O)O[C@H]1c1ccco1. The van der Waals surface area contributed by atoms with E-state index in [2.05, 4.69) is 0 Å². The molecule has 0 aromatic carbocycles. The lowest BCUT2D eigenvalue weighted by Crippen LogP contribution is -2.02. The van der Waals surface area contributed by atoms with E-state index in [4.69, 9.17) is 9.15 Å². The monoisotopic (exact) mass is 166 g/mol. The van der Waals surface area contributed by atoms with Crippen LogP contribution in [-0.4, -0.2) is 5.97 Å². The van der Waals surface area contributed by atoms with Crippen molar-refractivity contribution in [2.75, 3.05) is 0 Å². The largest absolute Gasteiger partial charge is 0.465 e. The van der Waals surface area contributed by atoms with Crippen LogP contribution in [0.4, 0.5) is 0 Å². The van der Waals surface area contributed by atoms with Gasteiger partial charge in [-0.3, -0.25) is 4.79 Å². The van der Waals surface area contributed by atoms with Gasteiger partial charge in [0.2, 0.25) is 0 Å². The first kappa shape index (κ1) is 7.40. The Kier molecular flexibility index (Phi) is 1.64. The summed E-state index contributed by atoms with van der Waals surface area (Å²) in [6.45, 7) is 1.98. The van der Waals surface area contributed by atoms with E-state index in [0.717, 1.165) is 5.76 Å². The van der Waals surface area contributed by atoms with Crippen LogP contribution in [-0.2, 0) is 9.53 Å². The third-order valence-corrected chi connectivity index (χ3v) is 2.09. The number of rotatable bonds is 1. The molecule has 1 aliphatic rings. The van der Waals surface area contributed by atoms with Gasteiger partial charge in [0.1, 0.15) is 5.76 Å². The number of carbonyl (C=O) groups is 1. The molecule has 1 fully saturated rings. The van der Waals surface area contributed by atoms with Crippen LogP contribution in [0, 0.1) is 5.92 Å². The van der Waals surface area contributed by atoms with Crippen molar-refractivity contribution in [1.82, 2.24) is 0 Å². The zero-order valence-electron chi connectivity index (χ0n) is 6.82.